The molecule has 0 bridgehead atoms. The van der Waals surface area contributed by atoms with Crippen molar-refractivity contribution in [2.24, 2.45) is 0 Å². The van der Waals surface area contributed by atoms with Crippen LogP contribution in [0.3, 0.4) is 0 Å². The molecule has 0 unspecified atom stereocenters. The third kappa shape index (κ3) is 3.99. The first kappa shape index (κ1) is 18.3. The van der Waals surface area contributed by atoms with Gasteiger partial charge >= 0.3 is 0 Å². The fraction of sp³-hybridized carbons (Fsp3) is 0.381. The number of carbonyl (C=O) groups excluding carboxylic acids is 1. The van der Waals surface area contributed by atoms with E-state index in [1.165, 1.54) is 5.56 Å². The van der Waals surface area contributed by atoms with E-state index in [1.54, 1.807) is 14.2 Å². The van der Waals surface area contributed by atoms with Gasteiger partial charge in [-0.05, 0) is 30.3 Å². The normalized spacial score (nSPS) is 17.8. The lowest BCUT2D eigenvalue weighted by atomic mass is 10.0. The lowest BCUT2D eigenvalue weighted by molar-refractivity contribution is -0.135. The smallest absolute Gasteiger partial charge is 0.227 e. The molecule has 5 heteroatoms. The molecular weight excluding hydrogens is 328 g/mol. The summed E-state index contributed by atoms with van der Waals surface area (Å²) >= 11 is 0. The molecule has 0 aromatic heterocycles. The molecular formula is C21H26N2O3. The van der Waals surface area contributed by atoms with Crippen molar-refractivity contribution in [1.82, 2.24) is 9.80 Å². The van der Waals surface area contributed by atoms with Crippen LogP contribution >= 0.6 is 0 Å². The zero-order chi connectivity index (χ0) is 18.5. The van der Waals surface area contributed by atoms with Gasteiger partial charge in [-0.1, -0.05) is 36.4 Å². The van der Waals surface area contributed by atoms with Crippen molar-refractivity contribution >= 4 is 5.91 Å². The first-order chi connectivity index (χ1) is 12.6. The van der Waals surface area contributed by atoms with E-state index >= 15 is 0 Å². The predicted molar refractivity (Wildman–Crippen MR) is 102 cm³/mol. The standard InChI is InChI=1S/C21H26N2O3/c1-22-11-12-23(18(15-22)17-7-5-4-6-8-17)21(24)14-16-9-10-19(25-2)20(13-16)26-3/h4-10,13,18H,11-12,14-15H2,1-3H3/t18-/m0/s1. The number of rotatable bonds is 5. The van der Waals surface area contributed by atoms with Gasteiger partial charge in [0.2, 0.25) is 5.91 Å². The topological polar surface area (TPSA) is 42.0 Å². The highest BCUT2D eigenvalue weighted by Gasteiger charge is 2.30. The first-order valence-electron chi connectivity index (χ1n) is 8.86. The number of ether oxygens (including phenoxy) is 2. The fourth-order valence-corrected chi connectivity index (χ4v) is 3.45. The van der Waals surface area contributed by atoms with Gasteiger partial charge in [0.25, 0.3) is 0 Å². The Kier molecular flexibility index (Phi) is 5.78. The zero-order valence-corrected chi connectivity index (χ0v) is 15.6. The number of nitrogens with zero attached hydrogens (tertiary/aromatic N) is 2. The third-order valence-electron chi connectivity index (χ3n) is 4.89. The minimum atomic E-state index is 0.0857. The quantitative estimate of drug-likeness (QED) is 0.828. The first-order valence-corrected chi connectivity index (χ1v) is 8.86. The molecule has 1 saturated heterocycles. The van der Waals surface area contributed by atoms with Crippen LogP contribution in [0, 0.1) is 0 Å². The van der Waals surface area contributed by atoms with Crippen molar-refractivity contribution in [3.8, 4) is 11.5 Å². The molecule has 3 rings (SSSR count). The van der Waals surface area contributed by atoms with Crippen LogP contribution in [0.4, 0.5) is 0 Å². The molecule has 0 aliphatic carbocycles. The Balaban J connectivity index is 1.79. The van der Waals surface area contributed by atoms with Gasteiger partial charge in [0.1, 0.15) is 0 Å². The largest absolute Gasteiger partial charge is 0.493 e. The maximum absolute atomic E-state index is 13.0. The Labute approximate surface area is 155 Å². The van der Waals surface area contributed by atoms with Gasteiger partial charge in [0.15, 0.2) is 11.5 Å². The average Bonchev–Trinajstić information content (AvgIpc) is 2.68. The van der Waals surface area contributed by atoms with Crippen LogP contribution in [0.5, 0.6) is 11.5 Å². The summed E-state index contributed by atoms with van der Waals surface area (Å²) in [5, 5.41) is 0. The van der Waals surface area contributed by atoms with E-state index in [-0.39, 0.29) is 11.9 Å². The van der Waals surface area contributed by atoms with Crippen molar-refractivity contribution < 1.29 is 14.3 Å². The van der Waals surface area contributed by atoms with Crippen molar-refractivity contribution in [2.75, 3.05) is 40.9 Å². The lowest BCUT2D eigenvalue weighted by Crippen LogP contribution is -2.49. The average molecular weight is 354 g/mol. The number of methoxy groups -OCH3 is 2. The molecule has 1 atom stereocenters. The monoisotopic (exact) mass is 354 g/mol. The van der Waals surface area contributed by atoms with Crippen LogP contribution in [0.1, 0.15) is 17.2 Å². The molecule has 0 N–H and O–H groups in total. The molecule has 0 spiro atoms. The number of benzene rings is 2. The Morgan fingerprint density at radius 3 is 2.46 bits per heavy atom. The SMILES string of the molecule is COc1ccc(CC(=O)N2CCN(C)C[C@H]2c2ccccc2)cc1OC. The molecule has 1 heterocycles. The zero-order valence-electron chi connectivity index (χ0n) is 15.6. The van der Waals surface area contributed by atoms with E-state index < -0.39 is 0 Å². The van der Waals surface area contributed by atoms with E-state index in [4.69, 9.17) is 9.47 Å². The molecule has 1 aliphatic rings. The van der Waals surface area contributed by atoms with Gasteiger partial charge in [-0.3, -0.25) is 4.79 Å². The minimum absolute atomic E-state index is 0.0857. The summed E-state index contributed by atoms with van der Waals surface area (Å²) in [5.74, 6) is 1.46. The van der Waals surface area contributed by atoms with Crippen molar-refractivity contribution in [1.29, 1.82) is 0 Å². The molecule has 2 aromatic rings. The summed E-state index contributed by atoms with van der Waals surface area (Å²) in [6.07, 6.45) is 0.355. The second kappa shape index (κ2) is 8.23. The third-order valence-corrected chi connectivity index (χ3v) is 4.89. The molecule has 26 heavy (non-hydrogen) atoms. The van der Waals surface area contributed by atoms with E-state index in [0.29, 0.717) is 17.9 Å². The van der Waals surface area contributed by atoms with Crippen LogP contribution < -0.4 is 9.47 Å². The highest BCUT2D eigenvalue weighted by Crippen LogP contribution is 2.29. The van der Waals surface area contributed by atoms with E-state index in [0.717, 1.165) is 25.2 Å². The van der Waals surface area contributed by atoms with Crippen molar-refractivity contribution in [3.63, 3.8) is 0 Å². The second-order valence-electron chi connectivity index (χ2n) is 6.64. The van der Waals surface area contributed by atoms with Gasteiger partial charge in [-0.2, -0.15) is 0 Å². The van der Waals surface area contributed by atoms with Crippen LogP contribution in [0.2, 0.25) is 0 Å². The summed E-state index contributed by atoms with van der Waals surface area (Å²) in [5.41, 5.74) is 2.11. The maximum atomic E-state index is 13.0. The molecule has 0 radical (unpaired) electrons. The number of carbonyl (C=O) groups is 1. The van der Waals surface area contributed by atoms with Gasteiger partial charge in [-0.25, -0.2) is 0 Å². The lowest BCUT2D eigenvalue weighted by Gasteiger charge is -2.40. The van der Waals surface area contributed by atoms with Crippen LogP contribution in [0.25, 0.3) is 0 Å². The Bertz CT molecular complexity index is 748. The molecule has 138 valence electrons. The number of likely N-dealkylation sites (N-methyl/N-ethyl adjacent to an activating group) is 1. The molecule has 2 aromatic carbocycles. The number of amides is 1. The van der Waals surface area contributed by atoms with Gasteiger partial charge < -0.3 is 19.3 Å². The highest BCUT2D eigenvalue weighted by atomic mass is 16.5. The van der Waals surface area contributed by atoms with Gasteiger partial charge in [-0.15, -0.1) is 0 Å². The molecule has 1 aliphatic heterocycles. The van der Waals surface area contributed by atoms with Crippen LogP contribution in [-0.2, 0) is 11.2 Å². The highest BCUT2D eigenvalue weighted by molar-refractivity contribution is 5.79. The molecule has 1 amide bonds. The molecule has 5 nitrogen and oxygen atoms in total. The second-order valence-corrected chi connectivity index (χ2v) is 6.64. The summed E-state index contributed by atoms with van der Waals surface area (Å²) in [6.45, 7) is 2.48. The Morgan fingerprint density at radius 2 is 1.77 bits per heavy atom. The Morgan fingerprint density at radius 1 is 1.04 bits per heavy atom. The van der Waals surface area contributed by atoms with E-state index in [1.807, 2.05) is 41.3 Å². The van der Waals surface area contributed by atoms with E-state index in [9.17, 15) is 4.79 Å². The number of hydrogen-bond donors (Lipinski definition) is 0. The van der Waals surface area contributed by atoms with Crippen molar-refractivity contribution in [3.05, 3.63) is 59.7 Å². The minimum Gasteiger partial charge on any atom is -0.493 e. The van der Waals surface area contributed by atoms with Gasteiger partial charge in [0, 0.05) is 19.6 Å². The van der Waals surface area contributed by atoms with Crippen molar-refractivity contribution in [2.45, 2.75) is 12.5 Å². The number of hydrogen-bond acceptors (Lipinski definition) is 4. The summed E-state index contributed by atoms with van der Waals surface area (Å²) < 4.78 is 10.6. The van der Waals surface area contributed by atoms with Crippen LogP contribution in [-0.4, -0.2) is 56.6 Å². The number of piperazine rings is 1. The van der Waals surface area contributed by atoms with E-state index in [2.05, 4.69) is 24.1 Å². The van der Waals surface area contributed by atoms with Crippen LogP contribution in [0.15, 0.2) is 48.5 Å². The Hall–Kier alpha value is -2.53. The summed E-state index contributed by atoms with van der Waals surface area (Å²) in [7, 11) is 5.32. The molecule has 1 fully saturated rings. The fourth-order valence-electron chi connectivity index (χ4n) is 3.45. The molecule has 0 saturated carbocycles. The predicted octanol–water partition coefficient (Wildman–Crippen LogP) is 2.76. The van der Waals surface area contributed by atoms with Gasteiger partial charge in [0.05, 0.1) is 26.7 Å². The maximum Gasteiger partial charge on any atom is 0.227 e. The summed E-state index contributed by atoms with van der Waals surface area (Å²) in [4.78, 5) is 17.3. The summed E-state index contributed by atoms with van der Waals surface area (Å²) in [6, 6.07) is 16.0.